The SMILES string of the molecule is CCOC(=O)N1CCC(NC(=O)c2cnc(Nc3cc(C)on3)cn2)CC1. The van der Waals surface area contributed by atoms with Gasteiger partial charge in [0.15, 0.2) is 5.82 Å². The van der Waals surface area contributed by atoms with E-state index in [1.807, 2.05) is 0 Å². The molecule has 1 aliphatic rings. The molecule has 0 aliphatic carbocycles. The summed E-state index contributed by atoms with van der Waals surface area (Å²) in [6.45, 7) is 5.02. The number of rotatable bonds is 5. The molecule has 2 amide bonds. The fourth-order valence-corrected chi connectivity index (χ4v) is 2.75. The summed E-state index contributed by atoms with van der Waals surface area (Å²) in [5.41, 5.74) is 0.227. The van der Waals surface area contributed by atoms with Gasteiger partial charge in [-0.3, -0.25) is 4.79 Å². The third kappa shape index (κ3) is 4.93. The van der Waals surface area contributed by atoms with Crippen LogP contribution >= 0.6 is 0 Å². The first-order chi connectivity index (χ1) is 13.0. The lowest BCUT2D eigenvalue weighted by atomic mass is 10.1. The zero-order valence-electron chi connectivity index (χ0n) is 15.3. The largest absolute Gasteiger partial charge is 0.450 e. The Bertz CT molecular complexity index is 783. The second-order valence-electron chi connectivity index (χ2n) is 6.17. The number of anilines is 2. The lowest BCUT2D eigenvalue weighted by molar-refractivity contribution is 0.0856. The molecule has 0 saturated carbocycles. The minimum Gasteiger partial charge on any atom is -0.450 e. The number of aryl methyl sites for hydroxylation is 1. The van der Waals surface area contributed by atoms with Crippen LogP contribution in [0.3, 0.4) is 0 Å². The predicted octanol–water partition coefficient (Wildman–Crippen LogP) is 1.87. The van der Waals surface area contributed by atoms with Gasteiger partial charge in [-0.1, -0.05) is 5.16 Å². The molecular weight excluding hydrogens is 352 g/mol. The van der Waals surface area contributed by atoms with Crippen molar-refractivity contribution < 1.29 is 18.8 Å². The maximum Gasteiger partial charge on any atom is 0.409 e. The molecule has 1 aliphatic heterocycles. The monoisotopic (exact) mass is 374 g/mol. The molecule has 10 heteroatoms. The van der Waals surface area contributed by atoms with Crippen molar-refractivity contribution in [2.24, 2.45) is 0 Å². The third-order valence-corrected chi connectivity index (χ3v) is 4.12. The summed E-state index contributed by atoms with van der Waals surface area (Å²) in [5, 5.41) is 9.68. The molecule has 2 aromatic rings. The third-order valence-electron chi connectivity index (χ3n) is 4.12. The molecule has 0 bridgehead atoms. The van der Waals surface area contributed by atoms with Crippen LogP contribution in [-0.2, 0) is 4.74 Å². The van der Waals surface area contributed by atoms with Gasteiger partial charge in [0, 0.05) is 25.2 Å². The Labute approximate surface area is 156 Å². The average Bonchev–Trinajstić information content (AvgIpc) is 3.08. The summed E-state index contributed by atoms with van der Waals surface area (Å²) in [7, 11) is 0. The van der Waals surface area contributed by atoms with Crippen LogP contribution in [0.1, 0.15) is 36.0 Å². The highest BCUT2D eigenvalue weighted by Gasteiger charge is 2.25. The summed E-state index contributed by atoms with van der Waals surface area (Å²) in [6, 6.07) is 1.71. The van der Waals surface area contributed by atoms with Crippen LogP contribution in [0, 0.1) is 6.92 Å². The van der Waals surface area contributed by atoms with Crippen LogP contribution in [0.15, 0.2) is 23.0 Å². The van der Waals surface area contributed by atoms with Gasteiger partial charge >= 0.3 is 6.09 Å². The van der Waals surface area contributed by atoms with Crippen molar-refractivity contribution in [1.82, 2.24) is 25.3 Å². The quantitative estimate of drug-likeness (QED) is 0.813. The van der Waals surface area contributed by atoms with Crippen molar-refractivity contribution in [3.05, 3.63) is 29.9 Å². The highest BCUT2D eigenvalue weighted by atomic mass is 16.6. The number of likely N-dealkylation sites (tertiary alicyclic amines) is 1. The molecule has 27 heavy (non-hydrogen) atoms. The van der Waals surface area contributed by atoms with Gasteiger partial charge in [0.25, 0.3) is 5.91 Å². The van der Waals surface area contributed by atoms with E-state index in [2.05, 4.69) is 25.8 Å². The molecule has 0 atom stereocenters. The van der Waals surface area contributed by atoms with E-state index in [9.17, 15) is 9.59 Å². The molecule has 144 valence electrons. The van der Waals surface area contributed by atoms with Gasteiger partial charge < -0.3 is 24.8 Å². The number of ether oxygens (including phenoxy) is 1. The number of nitrogens with zero attached hydrogens (tertiary/aromatic N) is 4. The maximum atomic E-state index is 12.3. The van der Waals surface area contributed by atoms with Crippen molar-refractivity contribution in [1.29, 1.82) is 0 Å². The molecule has 10 nitrogen and oxygen atoms in total. The molecule has 0 spiro atoms. The second-order valence-corrected chi connectivity index (χ2v) is 6.17. The molecule has 2 N–H and O–H groups in total. The van der Waals surface area contributed by atoms with Gasteiger partial charge in [-0.25, -0.2) is 14.8 Å². The fourth-order valence-electron chi connectivity index (χ4n) is 2.75. The first kappa shape index (κ1) is 18.6. The van der Waals surface area contributed by atoms with Crippen LogP contribution in [0.25, 0.3) is 0 Å². The van der Waals surface area contributed by atoms with E-state index in [-0.39, 0.29) is 23.7 Å². The molecule has 2 aromatic heterocycles. The van der Waals surface area contributed by atoms with Gasteiger partial charge in [0.1, 0.15) is 17.3 Å². The normalized spacial score (nSPS) is 14.7. The van der Waals surface area contributed by atoms with Crippen LogP contribution in [0.2, 0.25) is 0 Å². The molecule has 0 radical (unpaired) electrons. The molecule has 1 fully saturated rings. The summed E-state index contributed by atoms with van der Waals surface area (Å²) >= 11 is 0. The second kappa shape index (κ2) is 8.47. The van der Waals surface area contributed by atoms with Crippen molar-refractivity contribution in [3.8, 4) is 0 Å². The maximum absolute atomic E-state index is 12.3. The zero-order valence-corrected chi connectivity index (χ0v) is 15.3. The number of hydrogen-bond donors (Lipinski definition) is 2. The minimum atomic E-state index is -0.307. The van der Waals surface area contributed by atoms with E-state index in [0.29, 0.717) is 49.9 Å². The first-order valence-electron chi connectivity index (χ1n) is 8.80. The summed E-state index contributed by atoms with van der Waals surface area (Å²) < 4.78 is 9.95. The molecule has 3 rings (SSSR count). The van der Waals surface area contributed by atoms with E-state index in [1.54, 1.807) is 24.8 Å². The standard InChI is InChI=1S/C17H22N6O4/c1-3-26-17(25)23-6-4-12(5-7-23)20-16(24)13-9-19-15(10-18-13)21-14-8-11(2)27-22-14/h8-10,12H,3-7H2,1-2H3,(H,20,24)(H,19,21,22). The van der Waals surface area contributed by atoms with Gasteiger partial charge in [-0.2, -0.15) is 0 Å². The van der Waals surface area contributed by atoms with Crippen LogP contribution in [0.5, 0.6) is 0 Å². The highest BCUT2D eigenvalue weighted by Crippen LogP contribution is 2.14. The van der Waals surface area contributed by atoms with Crippen molar-refractivity contribution in [3.63, 3.8) is 0 Å². The molecule has 1 saturated heterocycles. The van der Waals surface area contributed by atoms with E-state index in [0.717, 1.165) is 0 Å². The summed E-state index contributed by atoms with van der Waals surface area (Å²) in [5.74, 6) is 1.37. The van der Waals surface area contributed by atoms with Crippen molar-refractivity contribution in [2.45, 2.75) is 32.7 Å². The van der Waals surface area contributed by atoms with Crippen LogP contribution in [-0.4, -0.2) is 57.8 Å². The highest BCUT2D eigenvalue weighted by molar-refractivity contribution is 5.92. The zero-order chi connectivity index (χ0) is 19.2. The lowest BCUT2D eigenvalue weighted by Gasteiger charge is -2.31. The Kier molecular flexibility index (Phi) is 5.84. The number of aromatic nitrogens is 3. The Morgan fingerprint density at radius 1 is 1.26 bits per heavy atom. The Hall–Kier alpha value is -3.17. The fraction of sp³-hybridized carbons (Fsp3) is 0.471. The summed E-state index contributed by atoms with van der Waals surface area (Å²) in [4.78, 5) is 34.0. The van der Waals surface area contributed by atoms with E-state index < -0.39 is 0 Å². The average molecular weight is 374 g/mol. The van der Waals surface area contributed by atoms with Crippen LogP contribution in [0.4, 0.5) is 16.4 Å². The van der Waals surface area contributed by atoms with Crippen molar-refractivity contribution >= 4 is 23.6 Å². The Morgan fingerprint density at radius 3 is 2.63 bits per heavy atom. The number of hydrogen-bond acceptors (Lipinski definition) is 8. The number of nitrogens with one attached hydrogen (secondary N) is 2. The summed E-state index contributed by atoms with van der Waals surface area (Å²) in [6.07, 6.45) is 3.89. The Morgan fingerprint density at radius 2 is 2.04 bits per heavy atom. The van der Waals surface area contributed by atoms with Gasteiger partial charge in [0.2, 0.25) is 0 Å². The first-order valence-corrected chi connectivity index (χ1v) is 8.80. The van der Waals surface area contributed by atoms with E-state index in [4.69, 9.17) is 9.26 Å². The van der Waals surface area contributed by atoms with Gasteiger partial charge in [-0.15, -0.1) is 0 Å². The molecular formula is C17H22N6O4. The number of carbonyl (C=O) groups is 2. The molecule has 0 unspecified atom stereocenters. The van der Waals surface area contributed by atoms with Crippen molar-refractivity contribution in [2.75, 3.05) is 25.0 Å². The lowest BCUT2D eigenvalue weighted by Crippen LogP contribution is -2.46. The number of carbonyl (C=O) groups excluding carboxylic acids is 2. The number of amides is 2. The Balaban J connectivity index is 1.49. The van der Waals surface area contributed by atoms with Gasteiger partial charge in [-0.05, 0) is 26.7 Å². The van der Waals surface area contributed by atoms with Gasteiger partial charge in [0.05, 0.1) is 19.0 Å². The van der Waals surface area contributed by atoms with E-state index in [1.165, 1.54) is 12.4 Å². The number of piperidine rings is 1. The molecule has 0 aromatic carbocycles. The van der Waals surface area contributed by atoms with E-state index >= 15 is 0 Å². The minimum absolute atomic E-state index is 0.0131. The smallest absolute Gasteiger partial charge is 0.409 e. The van der Waals surface area contributed by atoms with Crippen LogP contribution < -0.4 is 10.6 Å². The molecule has 3 heterocycles. The predicted molar refractivity (Wildman–Crippen MR) is 95.6 cm³/mol. The topological polar surface area (TPSA) is 122 Å².